The van der Waals surface area contributed by atoms with Gasteiger partial charge in [0.25, 0.3) is 0 Å². The largest absolute Gasteiger partial charge is 0.433 e. The molecular formula is C20H17Cl2F3N2O. The number of rotatable bonds is 5. The fourth-order valence-electron chi connectivity index (χ4n) is 2.97. The van der Waals surface area contributed by atoms with Crippen LogP contribution in [0.4, 0.5) is 13.2 Å². The van der Waals surface area contributed by atoms with Crippen molar-refractivity contribution >= 4 is 34.1 Å². The van der Waals surface area contributed by atoms with Gasteiger partial charge in [-0.05, 0) is 47.9 Å². The second-order valence-electron chi connectivity index (χ2n) is 6.45. The van der Waals surface area contributed by atoms with Crippen molar-refractivity contribution in [2.24, 2.45) is 0 Å². The third-order valence-corrected chi connectivity index (χ3v) is 4.99. The standard InChI is InChI=1S/C20H17Cl2F3N2O/c1-11-3-2-4-14-15(8-18(20(23,24)25)27-19(11)14)17(28)10-26-9-12-7-13(21)5-6-16(12)22/h2-8,17,26,28H,9-10H2,1H3. The van der Waals surface area contributed by atoms with Crippen molar-refractivity contribution in [3.8, 4) is 0 Å². The van der Waals surface area contributed by atoms with Crippen molar-refractivity contribution in [1.82, 2.24) is 10.3 Å². The monoisotopic (exact) mass is 428 g/mol. The van der Waals surface area contributed by atoms with Crippen molar-refractivity contribution in [3.63, 3.8) is 0 Å². The summed E-state index contributed by atoms with van der Waals surface area (Å²) in [6.07, 6.45) is -5.77. The lowest BCUT2D eigenvalue weighted by Gasteiger charge is -2.18. The Hall–Kier alpha value is -1.86. The molecule has 0 aliphatic rings. The molecule has 3 rings (SSSR count). The number of aromatic nitrogens is 1. The molecule has 0 amide bonds. The molecule has 0 aliphatic carbocycles. The van der Waals surface area contributed by atoms with Gasteiger partial charge >= 0.3 is 6.18 Å². The van der Waals surface area contributed by atoms with Crippen molar-refractivity contribution in [1.29, 1.82) is 0 Å². The third kappa shape index (κ3) is 4.58. The molecule has 148 valence electrons. The van der Waals surface area contributed by atoms with E-state index in [0.717, 1.165) is 11.6 Å². The highest BCUT2D eigenvalue weighted by Crippen LogP contribution is 2.34. The molecule has 1 aromatic heterocycles. The minimum absolute atomic E-state index is 0.0349. The number of pyridine rings is 1. The number of hydrogen-bond donors (Lipinski definition) is 2. The van der Waals surface area contributed by atoms with Crippen molar-refractivity contribution in [2.75, 3.05) is 6.54 Å². The van der Waals surface area contributed by atoms with Crippen LogP contribution in [-0.4, -0.2) is 16.6 Å². The quantitative estimate of drug-likeness (QED) is 0.548. The lowest BCUT2D eigenvalue weighted by Crippen LogP contribution is -2.22. The predicted octanol–water partition coefficient (Wildman–Crippen LogP) is 5.69. The number of aliphatic hydroxyl groups is 1. The number of nitrogens with one attached hydrogen (secondary N) is 1. The average molecular weight is 429 g/mol. The molecule has 0 saturated heterocycles. The lowest BCUT2D eigenvalue weighted by atomic mass is 10.00. The van der Waals surface area contributed by atoms with E-state index in [9.17, 15) is 18.3 Å². The fourth-order valence-corrected chi connectivity index (χ4v) is 3.35. The summed E-state index contributed by atoms with van der Waals surface area (Å²) in [7, 11) is 0. The Morgan fingerprint density at radius 2 is 1.89 bits per heavy atom. The second kappa shape index (κ2) is 8.25. The smallest absolute Gasteiger partial charge is 0.387 e. The van der Waals surface area contributed by atoms with Crippen LogP contribution in [0.1, 0.15) is 28.5 Å². The Kier molecular flexibility index (Phi) is 6.15. The first-order valence-corrected chi connectivity index (χ1v) is 9.22. The van der Waals surface area contributed by atoms with Gasteiger partial charge in [0.1, 0.15) is 5.69 Å². The summed E-state index contributed by atoms with van der Waals surface area (Å²) in [6.45, 7) is 2.03. The molecule has 3 aromatic rings. The Labute approximate surface area is 170 Å². The van der Waals surface area contributed by atoms with Gasteiger partial charge in [-0.15, -0.1) is 0 Å². The molecule has 0 saturated carbocycles. The van der Waals surface area contributed by atoms with Crippen LogP contribution in [0.25, 0.3) is 10.9 Å². The van der Waals surface area contributed by atoms with Gasteiger partial charge in [-0.2, -0.15) is 13.2 Å². The van der Waals surface area contributed by atoms with Crippen LogP contribution in [0.5, 0.6) is 0 Å². The maximum absolute atomic E-state index is 13.3. The summed E-state index contributed by atoms with van der Waals surface area (Å²) in [5.74, 6) is 0. The Morgan fingerprint density at radius 3 is 2.61 bits per heavy atom. The van der Waals surface area contributed by atoms with Gasteiger partial charge in [0.15, 0.2) is 0 Å². The topological polar surface area (TPSA) is 45.1 Å². The first-order chi connectivity index (χ1) is 13.2. The van der Waals surface area contributed by atoms with Crippen molar-refractivity contribution in [2.45, 2.75) is 25.7 Å². The summed E-state index contributed by atoms with van der Waals surface area (Å²) in [5.41, 5.74) is 0.708. The van der Waals surface area contributed by atoms with Crippen molar-refractivity contribution in [3.05, 3.63) is 74.9 Å². The van der Waals surface area contributed by atoms with E-state index < -0.39 is 18.0 Å². The molecule has 0 spiro atoms. The zero-order valence-corrected chi connectivity index (χ0v) is 16.3. The van der Waals surface area contributed by atoms with Gasteiger partial charge in [-0.25, -0.2) is 4.98 Å². The van der Waals surface area contributed by atoms with Crippen LogP contribution in [0, 0.1) is 6.92 Å². The number of aryl methyl sites for hydroxylation is 1. The maximum Gasteiger partial charge on any atom is 0.433 e. The average Bonchev–Trinajstić information content (AvgIpc) is 2.63. The summed E-state index contributed by atoms with van der Waals surface area (Å²) in [6, 6.07) is 11.0. The van der Waals surface area contributed by atoms with E-state index in [2.05, 4.69) is 10.3 Å². The molecule has 2 aromatic carbocycles. The molecule has 0 bridgehead atoms. The number of aliphatic hydroxyl groups excluding tert-OH is 1. The third-order valence-electron chi connectivity index (χ3n) is 4.38. The fraction of sp³-hybridized carbons (Fsp3) is 0.250. The maximum atomic E-state index is 13.3. The van der Waals surface area contributed by atoms with E-state index in [1.165, 1.54) is 0 Å². The first kappa shape index (κ1) is 20.9. The highest BCUT2D eigenvalue weighted by atomic mass is 35.5. The molecule has 1 unspecified atom stereocenters. The highest BCUT2D eigenvalue weighted by molar-refractivity contribution is 6.33. The number of benzene rings is 2. The number of fused-ring (bicyclic) bond motifs is 1. The van der Waals surface area contributed by atoms with Gasteiger partial charge in [-0.3, -0.25) is 0 Å². The Morgan fingerprint density at radius 1 is 1.14 bits per heavy atom. The molecule has 28 heavy (non-hydrogen) atoms. The van der Waals surface area contributed by atoms with Gasteiger partial charge in [0.05, 0.1) is 11.6 Å². The molecule has 1 heterocycles. The normalized spacial score (nSPS) is 13.1. The van der Waals surface area contributed by atoms with E-state index in [0.29, 0.717) is 27.5 Å². The molecule has 8 heteroatoms. The van der Waals surface area contributed by atoms with E-state index in [-0.39, 0.29) is 17.6 Å². The van der Waals surface area contributed by atoms with E-state index in [1.807, 2.05) is 0 Å². The molecule has 0 radical (unpaired) electrons. The van der Waals surface area contributed by atoms with Gasteiger partial charge in [-0.1, -0.05) is 41.4 Å². The number of para-hydroxylation sites is 1. The summed E-state index contributed by atoms with van der Waals surface area (Å²) >= 11 is 12.0. The van der Waals surface area contributed by atoms with Crippen LogP contribution in [0.2, 0.25) is 10.0 Å². The minimum Gasteiger partial charge on any atom is -0.387 e. The molecule has 0 aliphatic heterocycles. The summed E-state index contributed by atoms with van der Waals surface area (Å²) in [4.78, 5) is 3.75. The highest BCUT2D eigenvalue weighted by Gasteiger charge is 2.34. The second-order valence-corrected chi connectivity index (χ2v) is 7.29. The van der Waals surface area contributed by atoms with Gasteiger partial charge in [0, 0.05) is 28.5 Å². The number of halogens is 5. The van der Waals surface area contributed by atoms with Crippen LogP contribution < -0.4 is 5.32 Å². The van der Waals surface area contributed by atoms with Crippen LogP contribution in [0.15, 0.2) is 42.5 Å². The molecule has 3 nitrogen and oxygen atoms in total. The number of nitrogens with zero attached hydrogens (tertiary/aromatic N) is 1. The van der Waals surface area contributed by atoms with E-state index in [1.54, 1.807) is 43.3 Å². The Bertz CT molecular complexity index is 1010. The lowest BCUT2D eigenvalue weighted by molar-refractivity contribution is -0.141. The van der Waals surface area contributed by atoms with Crippen molar-refractivity contribution < 1.29 is 18.3 Å². The number of alkyl halides is 3. The SMILES string of the molecule is Cc1cccc2c(C(O)CNCc3cc(Cl)ccc3Cl)cc(C(F)(F)F)nc12. The predicted molar refractivity (Wildman–Crippen MR) is 105 cm³/mol. The first-order valence-electron chi connectivity index (χ1n) is 8.47. The van der Waals surface area contributed by atoms with E-state index in [4.69, 9.17) is 23.2 Å². The zero-order chi connectivity index (χ0) is 20.5. The molecule has 0 fully saturated rings. The summed E-state index contributed by atoms with van der Waals surface area (Å²) in [5, 5.41) is 15.1. The molecule has 2 N–H and O–H groups in total. The van der Waals surface area contributed by atoms with E-state index >= 15 is 0 Å². The van der Waals surface area contributed by atoms with Gasteiger partial charge in [0.2, 0.25) is 0 Å². The Balaban J connectivity index is 1.87. The number of hydrogen-bond acceptors (Lipinski definition) is 3. The van der Waals surface area contributed by atoms with Crippen LogP contribution >= 0.6 is 23.2 Å². The zero-order valence-electron chi connectivity index (χ0n) is 14.8. The molecule has 1 atom stereocenters. The van der Waals surface area contributed by atoms with Crippen LogP contribution in [-0.2, 0) is 12.7 Å². The van der Waals surface area contributed by atoms with Gasteiger partial charge < -0.3 is 10.4 Å². The minimum atomic E-state index is -4.60. The molecular weight excluding hydrogens is 412 g/mol. The summed E-state index contributed by atoms with van der Waals surface area (Å²) < 4.78 is 39.8. The van der Waals surface area contributed by atoms with Crippen LogP contribution in [0.3, 0.4) is 0 Å².